The van der Waals surface area contributed by atoms with Crippen molar-refractivity contribution in [2.75, 3.05) is 5.73 Å². The van der Waals surface area contributed by atoms with Gasteiger partial charge in [0.05, 0.1) is 45.3 Å². The number of hydrogen-bond acceptors (Lipinski definition) is 6. The van der Waals surface area contributed by atoms with Crippen LogP contribution in [0.15, 0.2) is 200 Å². The number of aromatic nitrogens is 6. The Morgan fingerprint density at radius 3 is 1.20 bits per heavy atom. The number of carbonyl (C=O) groups excluding carboxylic acids is 1. The zero-order valence-corrected chi connectivity index (χ0v) is 49.2. The van der Waals surface area contributed by atoms with Crippen molar-refractivity contribution in [1.82, 2.24) is 29.9 Å². The molecule has 0 bridgehead atoms. The summed E-state index contributed by atoms with van der Waals surface area (Å²) in [6.07, 6.45) is 7.20. The molecule has 8 N–H and O–H groups in total. The van der Waals surface area contributed by atoms with Crippen LogP contribution in [-0.2, 0) is 23.6 Å². The summed E-state index contributed by atoms with van der Waals surface area (Å²) in [6.45, 7) is 13.4. The summed E-state index contributed by atoms with van der Waals surface area (Å²) >= 11 is 0. The highest BCUT2D eigenvalue weighted by atomic mass is 19.4. The van der Waals surface area contributed by atoms with E-state index < -0.39 is 17.6 Å². The number of alkyl halides is 3. The molecule has 3 aromatic heterocycles. The summed E-state index contributed by atoms with van der Waals surface area (Å²) in [6, 6.07) is 63.0. The van der Waals surface area contributed by atoms with Gasteiger partial charge in [-0.2, -0.15) is 13.2 Å². The Balaban J connectivity index is 0.000000145. The highest BCUT2D eigenvalue weighted by Crippen LogP contribution is 2.33. The quantitative estimate of drug-likeness (QED) is 0.0703. The first kappa shape index (κ1) is 59.8. The van der Waals surface area contributed by atoms with Gasteiger partial charge in [0, 0.05) is 16.8 Å². The van der Waals surface area contributed by atoms with Crippen molar-refractivity contribution in [3.05, 3.63) is 262 Å². The van der Waals surface area contributed by atoms with E-state index >= 15 is 0 Å². The number of anilines is 1. The predicted molar refractivity (Wildman–Crippen MR) is 352 cm³/mol. The van der Waals surface area contributed by atoms with E-state index in [9.17, 15) is 23.1 Å². The Labute approximate surface area is 503 Å². The number of imidazole rings is 3. The summed E-state index contributed by atoms with van der Waals surface area (Å²) in [7, 11) is 0. The Kier molecular flexibility index (Phi) is 17.5. The second-order valence-corrected chi connectivity index (χ2v) is 23.2. The van der Waals surface area contributed by atoms with Gasteiger partial charge in [0.25, 0.3) is 0 Å². The number of nitrogens with zero attached hydrogens (tertiary/aromatic N) is 3. The SMILES string of the molecule is CC(C)(C)c1ccc(/C=C/c2nc3ccc(-c4ccccc4CO)cc3[nH]2)cc1.CC(C)(C)c1ccc(/C=C/c2nc3ccc(-c4ccccc4N)cc3[nH]2)cc1.NC(=O)c1ccccc1-c1ccc2nc(/C=C/c3ccc(C(F)(F)F)cc3)[nH]c2c1. The molecule has 0 atom stereocenters. The third-order valence-electron chi connectivity index (χ3n) is 14.9. The molecule has 0 aliphatic heterocycles. The molecule has 12 rings (SSSR count). The number of aromatic amines is 3. The molecular formula is C74H67F3N8O2. The van der Waals surface area contributed by atoms with Crippen LogP contribution in [0, 0.1) is 0 Å². The van der Waals surface area contributed by atoms with Crippen molar-refractivity contribution in [2.45, 2.75) is 65.2 Å². The Bertz CT molecular complexity index is 4480. The number of carbonyl (C=O) groups is 1. The molecule has 87 heavy (non-hydrogen) atoms. The van der Waals surface area contributed by atoms with E-state index in [2.05, 4.69) is 156 Å². The van der Waals surface area contributed by atoms with Crippen molar-refractivity contribution in [2.24, 2.45) is 5.73 Å². The van der Waals surface area contributed by atoms with Crippen LogP contribution in [0.4, 0.5) is 18.9 Å². The van der Waals surface area contributed by atoms with E-state index in [1.807, 2.05) is 103 Å². The van der Waals surface area contributed by atoms with Crippen LogP contribution >= 0.6 is 0 Å². The number of fused-ring (bicyclic) bond motifs is 3. The number of nitrogen functional groups attached to an aromatic ring is 1. The van der Waals surface area contributed by atoms with Gasteiger partial charge in [-0.15, -0.1) is 0 Å². The van der Waals surface area contributed by atoms with E-state index in [0.29, 0.717) is 17.0 Å². The van der Waals surface area contributed by atoms with Crippen molar-refractivity contribution in [1.29, 1.82) is 0 Å². The number of halogens is 3. The van der Waals surface area contributed by atoms with Crippen LogP contribution in [0.2, 0.25) is 0 Å². The molecule has 436 valence electrons. The maximum Gasteiger partial charge on any atom is 0.416 e. The molecular weight excluding hydrogens is 1090 g/mol. The topological polar surface area (TPSA) is 175 Å². The first-order chi connectivity index (χ1) is 41.6. The number of aliphatic hydroxyl groups excluding tert-OH is 1. The van der Waals surface area contributed by atoms with Gasteiger partial charge in [-0.05, 0) is 151 Å². The smallest absolute Gasteiger partial charge is 0.398 e. The van der Waals surface area contributed by atoms with Crippen molar-refractivity contribution in [3.63, 3.8) is 0 Å². The second-order valence-electron chi connectivity index (χ2n) is 23.2. The lowest BCUT2D eigenvalue weighted by Gasteiger charge is -2.18. The fraction of sp³-hybridized carbons (Fsp3) is 0.135. The Hall–Kier alpha value is -10.4. The molecule has 3 heterocycles. The highest BCUT2D eigenvalue weighted by molar-refractivity contribution is 6.00. The second kappa shape index (κ2) is 25.5. The minimum atomic E-state index is -4.36. The predicted octanol–water partition coefficient (Wildman–Crippen LogP) is 18.0. The van der Waals surface area contributed by atoms with Gasteiger partial charge in [0.15, 0.2) is 0 Å². The van der Waals surface area contributed by atoms with Gasteiger partial charge in [0.2, 0.25) is 5.91 Å². The first-order valence-corrected chi connectivity index (χ1v) is 28.5. The van der Waals surface area contributed by atoms with Gasteiger partial charge in [0.1, 0.15) is 17.5 Å². The van der Waals surface area contributed by atoms with Crippen LogP contribution in [0.5, 0.6) is 0 Å². The third kappa shape index (κ3) is 14.8. The maximum atomic E-state index is 12.7. The maximum absolute atomic E-state index is 12.7. The number of rotatable bonds is 11. The van der Waals surface area contributed by atoms with E-state index in [1.54, 1.807) is 24.3 Å². The number of primary amides is 1. The molecule has 0 aliphatic carbocycles. The number of amides is 1. The lowest BCUT2D eigenvalue weighted by atomic mass is 9.87. The van der Waals surface area contributed by atoms with Gasteiger partial charge in [-0.25, -0.2) is 15.0 Å². The first-order valence-electron chi connectivity index (χ1n) is 28.5. The average molecular weight is 1160 g/mol. The summed E-state index contributed by atoms with van der Waals surface area (Å²) < 4.78 is 38.0. The molecule has 13 heteroatoms. The lowest BCUT2D eigenvalue weighted by molar-refractivity contribution is -0.137. The van der Waals surface area contributed by atoms with Crippen LogP contribution in [-0.4, -0.2) is 40.9 Å². The molecule has 0 radical (unpaired) electrons. The standard InChI is InChI=1S/C26H26N2O.C25H25N3.C23H16F3N3O/c1-26(2,3)21-12-8-18(9-13-21)10-15-25-27-23-14-11-19(16-24(23)28-25)22-7-5-4-6-20(22)17-29;1-25(2,3)19-12-8-17(9-13-19)10-15-24-27-22-14-11-18(16-23(22)28-24)20-6-4-5-7-21(20)26;24-23(25,26)16-9-5-14(6-10-16)7-12-21-28-19-11-8-15(13-20(19)29-21)17-3-1-2-4-18(17)22(27)30/h4-16,29H,17H2,1-3H3,(H,27,28);4-16H,26H2,1-3H3,(H,27,28);1-13H,(H2,27,30)(H,28,29)/b2*15-10+;12-7+. The monoisotopic (exact) mass is 1160 g/mol. The van der Waals surface area contributed by atoms with Gasteiger partial charge in [-0.3, -0.25) is 4.79 Å². The zero-order valence-electron chi connectivity index (χ0n) is 49.2. The molecule has 9 aromatic carbocycles. The zero-order chi connectivity index (χ0) is 61.5. The normalized spacial score (nSPS) is 12.1. The van der Waals surface area contributed by atoms with Gasteiger partial charge < -0.3 is 31.5 Å². The van der Waals surface area contributed by atoms with Crippen molar-refractivity contribution < 1.29 is 23.1 Å². The molecule has 0 aliphatic rings. The fourth-order valence-corrected chi connectivity index (χ4v) is 9.97. The lowest BCUT2D eigenvalue weighted by Crippen LogP contribution is -2.12. The van der Waals surface area contributed by atoms with Crippen LogP contribution in [0.3, 0.4) is 0 Å². The van der Waals surface area contributed by atoms with E-state index in [1.165, 1.54) is 23.3 Å². The molecule has 0 saturated heterocycles. The van der Waals surface area contributed by atoms with E-state index in [4.69, 9.17) is 11.5 Å². The number of aliphatic hydroxyl groups is 1. The van der Waals surface area contributed by atoms with Crippen molar-refractivity contribution >= 4 is 81.2 Å². The number of nitrogens with one attached hydrogen (secondary N) is 3. The number of para-hydroxylation sites is 1. The molecule has 12 aromatic rings. The number of benzene rings is 9. The fourth-order valence-electron chi connectivity index (χ4n) is 9.97. The molecule has 0 spiro atoms. The Morgan fingerprint density at radius 1 is 0.448 bits per heavy atom. The van der Waals surface area contributed by atoms with Gasteiger partial charge >= 0.3 is 6.18 Å². The minimum Gasteiger partial charge on any atom is -0.398 e. The summed E-state index contributed by atoms with van der Waals surface area (Å²) in [5.74, 6) is 1.72. The minimum absolute atomic E-state index is 0.0270. The van der Waals surface area contributed by atoms with Crippen molar-refractivity contribution in [3.8, 4) is 33.4 Å². The molecule has 0 fully saturated rings. The number of H-pyrrole nitrogens is 3. The molecule has 10 nitrogen and oxygen atoms in total. The largest absolute Gasteiger partial charge is 0.416 e. The number of nitrogens with two attached hydrogens (primary N) is 2. The molecule has 0 saturated carbocycles. The van der Waals surface area contributed by atoms with E-state index in [0.717, 1.165) is 113 Å². The summed E-state index contributed by atoms with van der Waals surface area (Å²) in [5.41, 5.74) is 30.1. The average Bonchev–Trinajstić information content (AvgIpc) is 2.26. The van der Waals surface area contributed by atoms with Crippen LogP contribution < -0.4 is 11.5 Å². The molecule has 1 amide bonds. The van der Waals surface area contributed by atoms with E-state index in [-0.39, 0.29) is 17.4 Å². The summed E-state index contributed by atoms with van der Waals surface area (Å²) in [4.78, 5) is 35.4. The number of hydrogen-bond donors (Lipinski definition) is 6. The van der Waals surface area contributed by atoms with Gasteiger partial charge in [-0.1, -0.05) is 199 Å². The summed E-state index contributed by atoms with van der Waals surface area (Å²) in [5, 5.41) is 9.61. The highest BCUT2D eigenvalue weighted by Gasteiger charge is 2.30. The van der Waals surface area contributed by atoms with Crippen LogP contribution in [0.25, 0.3) is 103 Å². The van der Waals surface area contributed by atoms with Crippen LogP contribution in [0.1, 0.15) is 108 Å². The Morgan fingerprint density at radius 2 is 0.805 bits per heavy atom. The molecule has 0 unspecified atom stereocenters. The third-order valence-corrected chi connectivity index (χ3v) is 14.9.